The van der Waals surface area contributed by atoms with Crippen LogP contribution in [0.2, 0.25) is 0 Å². The van der Waals surface area contributed by atoms with E-state index >= 15 is 0 Å². The van der Waals surface area contributed by atoms with E-state index in [9.17, 15) is 18.4 Å². The number of carbonyl (C=O) groups excluding carboxylic acids is 2. The number of allylic oxidation sites excluding steroid dienone is 1. The first-order chi connectivity index (χ1) is 19.2. The Kier molecular flexibility index (Phi) is 10.3. The van der Waals surface area contributed by atoms with Gasteiger partial charge in [0, 0.05) is 18.3 Å². The van der Waals surface area contributed by atoms with E-state index in [4.69, 9.17) is 10.5 Å². The molecule has 4 rings (SSSR count). The van der Waals surface area contributed by atoms with Crippen LogP contribution in [0.3, 0.4) is 0 Å². The summed E-state index contributed by atoms with van der Waals surface area (Å²) < 4.78 is 35.2. The minimum absolute atomic E-state index is 0.0319. The van der Waals surface area contributed by atoms with Gasteiger partial charge in [-0.15, -0.1) is 0 Å². The molecule has 0 radical (unpaired) electrons. The molecular formula is C30H35F2N5O3. The second-order valence-corrected chi connectivity index (χ2v) is 9.14. The molecule has 0 aliphatic heterocycles. The second-order valence-electron chi connectivity index (χ2n) is 9.14. The van der Waals surface area contributed by atoms with Crippen molar-refractivity contribution >= 4 is 23.3 Å². The van der Waals surface area contributed by atoms with Crippen molar-refractivity contribution in [1.82, 2.24) is 14.9 Å². The number of amides is 2. The van der Waals surface area contributed by atoms with Crippen LogP contribution in [0.1, 0.15) is 61.0 Å². The summed E-state index contributed by atoms with van der Waals surface area (Å²) >= 11 is 0. The number of hydrogen-bond donors (Lipinski definition) is 2. The van der Waals surface area contributed by atoms with E-state index in [0.717, 1.165) is 24.5 Å². The van der Waals surface area contributed by atoms with Crippen molar-refractivity contribution in [2.45, 2.75) is 46.5 Å². The summed E-state index contributed by atoms with van der Waals surface area (Å²) in [5.74, 6) is -1.66. The van der Waals surface area contributed by atoms with Crippen LogP contribution in [0.25, 0.3) is 11.3 Å². The van der Waals surface area contributed by atoms with E-state index in [1.54, 1.807) is 33.0 Å². The van der Waals surface area contributed by atoms with Gasteiger partial charge < -0.3 is 20.7 Å². The summed E-state index contributed by atoms with van der Waals surface area (Å²) in [7, 11) is 1.63. The summed E-state index contributed by atoms with van der Waals surface area (Å²) in [6.07, 6.45) is 6.33. The number of nitrogens with one attached hydrogen (secondary N) is 1. The number of hydrogen-bond acceptors (Lipinski definition) is 6. The lowest BCUT2D eigenvalue weighted by Gasteiger charge is -2.18. The number of aromatic nitrogens is 2. The molecule has 10 heteroatoms. The Morgan fingerprint density at radius 1 is 1.18 bits per heavy atom. The molecule has 1 aromatic heterocycles. The predicted octanol–water partition coefficient (Wildman–Crippen LogP) is 5.88. The fourth-order valence-corrected chi connectivity index (χ4v) is 4.02. The maximum atomic E-state index is 14.7. The third kappa shape index (κ3) is 7.19. The van der Waals surface area contributed by atoms with Gasteiger partial charge in [0.1, 0.15) is 30.3 Å². The zero-order valence-electron chi connectivity index (χ0n) is 23.4. The highest BCUT2D eigenvalue weighted by atomic mass is 19.1. The van der Waals surface area contributed by atoms with Gasteiger partial charge in [-0.25, -0.2) is 18.7 Å². The number of ether oxygens (including phenoxy) is 1. The molecule has 0 spiro atoms. The van der Waals surface area contributed by atoms with Crippen LogP contribution in [0.4, 0.5) is 20.3 Å². The normalized spacial score (nSPS) is 12.5. The molecular weight excluding hydrogens is 516 g/mol. The summed E-state index contributed by atoms with van der Waals surface area (Å²) in [5.41, 5.74) is 7.93. The van der Waals surface area contributed by atoms with E-state index in [1.165, 1.54) is 35.5 Å². The highest BCUT2D eigenvalue weighted by Crippen LogP contribution is 2.40. The number of nitrogens with zero attached hydrogens (tertiary/aromatic N) is 3. The van der Waals surface area contributed by atoms with Crippen LogP contribution in [0.15, 0.2) is 48.8 Å². The van der Waals surface area contributed by atoms with Gasteiger partial charge in [-0.3, -0.25) is 9.59 Å². The Labute approximate surface area is 233 Å². The van der Waals surface area contributed by atoms with Gasteiger partial charge in [0.05, 0.1) is 12.1 Å². The number of anilines is 2. The van der Waals surface area contributed by atoms with Crippen molar-refractivity contribution in [1.29, 1.82) is 0 Å². The number of carbonyl (C=O) groups is 2. The Bertz CT molecular complexity index is 1410. The van der Waals surface area contributed by atoms with Crippen molar-refractivity contribution in [3.05, 3.63) is 77.1 Å². The molecule has 0 saturated heterocycles. The predicted molar refractivity (Wildman–Crippen MR) is 152 cm³/mol. The van der Waals surface area contributed by atoms with Gasteiger partial charge in [-0.1, -0.05) is 26.0 Å². The third-order valence-electron chi connectivity index (χ3n) is 6.35. The van der Waals surface area contributed by atoms with Gasteiger partial charge in [-0.05, 0) is 74.1 Å². The summed E-state index contributed by atoms with van der Waals surface area (Å²) in [6, 6.07) is 6.97. The number of likely N-dealkylation sites (N-methyl/N-ethyl adjacent to an activating group) is 1. The quantitative estimate of drug-likeness (QED) is 0.321. The van der Waals surface area contributed by atoms with E-state index in [1.807, 2.05) is 13.8 Å². The lowest BCUT2D eigenvalue weighted by Crippen LogP contribution is -2.29. The molecule has 2 amide bonds. The molecule has 212 valence electrons. The van der Waals surface area contributed by atoms with Crippen molar-refractivity contribution < 1.29 is 23.1 Å². The molecule has 1 aliphatic carbocycles. The molecule has 0 unspecified atom stereocenters. The van der Waals surface area contributed by atoms with Crippen LogP contribution in [0.5, 0.6) is 5.75 Å². The molecule has 2 aromatic carbocycles. The average molecular weight is 552 g/mol. The molecule has 3 N–H and O–H groups in total. The van der Waals surface area contributed by atoms with E-state index in [-0.39, 0.29) is 47.6 Å². The molecule has 1 aliphatic rings. The molecule has 0 atom stereocenters. The van der Waals surface area contributed by atoms with Gasteiger partial charge in [0.15, 0.2) is 11.6 Å². The van der Waals surface area contributed by atoms with Crippen LogP contribution < -0.4 is 15.8 Å². The summed E-state index contributed by atoms with van der Waals surface area (Å²) in [4.78, 5) is 34.5. The van der Waals surface area contributed by atoms with Gasteiger partial charge in [0.25, 0.3) is 5.91 Å². The first kappa shape index (κ1) is 30.2. The fourth-order valence-electron chi connectivity index (χ4n) is 4.02. The lowest BCUT2D eigenvalue weighted by atomic mass is 10.0. The molecule has 8 nitrogen and oxygen atoms in total. The maximum Gasteiger partial charge on any atom is 0.258 e. The first-order valence-electron chi connectivity index (χ1n) is 13.2. The highest BCUT2D eigenvalue weighted by molar-refractivity contribution is 6.05. The standard InChI is InChI=1S/C28H29F2N5O3.C2H6/c1-4-5-24(36)35(3)10-11-38-26-25(32-15-33-27(26)31)21-13-19(29)14-23(16(21)2)34-28(37)20-9-8-18(12-22(20)30)17-6-7-17;1-2/h4-5,8-9,12-15,17H,6-7,10-11H2,1-3H3,(H,34,37)(H2,31,32,33);1-2H3/b5-4+;. The van der Waals surface area contributed by atoms with E-state index < -0.39 is 17.5 Å². The van der Waals surface area contributed by atoms with Gasteiger partial charge in [-0.2, -0.15) is 0 Å². The summed E-state index contributed by atoms with van der Waals surface area (Å²) in [6.45, 7) is 7.75. The fraction of sp³-hybridized carbons (Fsp3) is 0.333. The molecule has 1 saturated carbocycles. The average Bonchev–Trinajstić information content (AvgIpc) is 3.78. The number of halogens is 2. The Balaban J connectivity index is 0.00000216. The topological polar surface area (TPSA) is 110 Å². The minimum Gasteiger partial charge on any atom is -0.486 e. The first-order valence-corrected chi connectivity index (χ1v) is 13.2. The Morgan fingerprint density at radius 3 is 2.55 bits per heavy atom. The maximum absolute atomic E-state index is 14.7. The monoisotopic (exact) mass is 551 g/mol. The van der Waals surface area contributed by atoms with Crippen molar-refractivity contribution in [3.8, 4) is 17.0 Å². The number of rotatable bonds is 9. The number of benzene rings is 2. The minimum atomic E-state index is -0.697. The van der Waals surface area contributed by atoms with Crippen molar-refractivity contribution in [2.24, 2.45) is 0 Å². The van der Waals surface area contributed by atoms with Crippen LogP contribution in [0, 0.1) is 18.6 Å². The molecule has 1 heterocycles. The Hall–Kier alpha value is -4.34. The van der Waals surface area contributed by atoms with E-state index in [2.05, 4.69) is 15.3 Å². The van der Waals surface area contributed by atoms with Gasteiger partial charge >= 0.3 is 0 Å². The highest BCUT2D eigenvalue weighted by Gasteiger charge is 2.25. The van der Waals surface area contributed by atoms with Crippen LogP contribution in [-0.2, 0) is 4.79 Å². The smallest absolute Gasteiger partial charge is 0.258 e. The lowest BCUT2D eigenvalue weighted by molar-refractivity contribution is -0.125. The number of nitrogen functional groups attached to an aromatic ring is 1. The van der Waals surface area contributed by atoms with Gasteiger partial charge in [0.2, 0.25) is 5.91 Å². The SMILES string of the molecule is C/C=C/C(=O)N(C)CCOc1c(N)ncnc1-c1cc(F)cc(NC(=O)c2ccc(C3CC3)cc2F)c1C.CC. The van der Waals surface area contributed by atoms with Crippen molar-refractivity contribution in [3.63, 3.8) is 0 Å². The van der Waals surface area contributed by atoms with E-state index in [0.29, 0.717) is 17.0 Å². The van der Waals surface area contributed by atoms with Crippen LogP contribution in [-0.4, -0.2) is 46.9 Å². The molecule has 40 heavy (non-hydrogen) atoms. The zero-order valence-corrected chi connectivity index (χ0v) is 23.4. The molecule has 1 fully saturated rings. The second kappa shape index (κ2) is 13.6. The largest absolute Gasteiger partial charge is 0.486 e. The molecule has 3 aromatic rings. The zero-order chi connectivity index (χ0) is 29.4. The number of nitrogens with two attached hydrogens (primary N) is 1. The Morgan fingerprint density at radius 2 is 1.90 bits per heavy atom. The third-order valence-corrected chi connectivity index (χ3v) is 6.35. The van der Waals surface area contributed by atoms with Crippen LogP contribution >= 0.6 is 0 Å². The summed E-state index contributed by atoms with van der Waals surface area (Å²) in [5, 5.41) is 2.61. The van der Waals surface area contributed by atoms with Crippen molar-refractivity contribution in [2.75, 3.05) is 31.2 Å². The molecule has 0 bridgehead atoms.